The lowest BCUT2D eigenvalue weighted by atomic mass is 10.3. The van der Waals surface area contributed by atoms with Gasteiger partial charge >= 0.3 is 6.18 Å². The SMILES string of the molecule is Cc1cc(OCC(F)(F)F)cc(C(N)=NO)n1. The molecule has 1 rings (SSSR count). The predicted molar refractivity (Wildman–Crippen MR) is 53.0 cm³/mol. The van der Waals surface area contributed by atoms with E-state index in [2.05, 4.69) is 14.9 Å². The molecule has 0 aromatic carbocycles. The summed E-state index contributed by atoms with van der Waals surface area (Å²) in [5.41, 5.74) is 5.71. The predicted octanol–water partition coefficient (Wildman–Crippen LogP) is 1.43. The Balaban J connectivity index is 2.90. The summed E-state index contributed by atoms with van der Waals surface area (Å²) in [5.74, 6) is -0.345. The Morgan fingerprint density at radius 1 is 1.53 bits per heavy atom. The summed E-state index contributed by atoms with van der Waals surface area (Å²) in [4.78, 5) is 3.87. The topological polar surface area (TPSA) is 80.7 Å². The van der Waals surface area contributed by atoms with Crippen molar-refractivity contribution < 1.29 is 23.1 Å². The molecule has 0 radical (unpaired) electrons. The van der Waals surface area contributed by atoms with Crippen LogP contribution in [0.3, 0.4) is 0 Å². The third-order valence-corrected chi connectivity index (χ3v) is 1.70. The number of oxime groups is 1. The molecular weight excluding hydrogens is 239 g/mol. The summed E-state index contributed by atoms with van der Waals surface area (Å²) in [6.07, 6.45) is -4.42. The number of pyridine rings is 1. The second-order valence-corrected chi connectivity index (χ2v) is 3.22. The van der Waals surface area contributed by atoms with Crippen LogP contribution in [0.5, 0.6) is 5.75 Å². The minimum atomic E-state index is -4.42. The summed E-state index contributed by atoms with van der Waals surface area (Å²) in [6.45, 7) is 0.140. The van der Waals surface area contributed by atoms with E-state index in [-0.39, 0.29) is 17.3 Å². The Morgan fingerprint density at radius 3 is 2.71 bits per heavy atom. The van der Waals surface area contributed by atoms with Crippen molar-refractivity contribution in [2.24, 2.45) is 10.9 Å². The van der Waals surface area contributed by atoms with Gasteiger partial charge in [0, 0.05) is 17.8 Å². The number of ether oxygens (including phenoxy) is 1. The van der Waals surface area contributed by atoms with E-state index in [0.717, 1.165) is 6.07 Å². The van der Waals surface area contributed by atoms with Gasteiger partial charge in [-0.15, -0.1) is 0 Å². The molecule has 17 heavy (non-hydrogen) atoms. The second kappa shape index (κ2) is 4.89. The van der Waals surface area contributed by atoms with Crippen molar-refractivity contribution in [3.8, 4) is 5.75 Å². The Morgan fingerprint density at radius 2 is 2.18 bits per heavy atom. The maximum Gasteiger partial charge on any atom is 0.422 e. The zero-order valence-corrected chi connectivity index (χ0v) is 8.82. The van der Waals surface area contributed by atoms with Crippen LogP contribution in [0.2, 0.25) is 0 Å². The molecule has 0 aliphatic heterocycles. The molecule has 0 unspecified atom stereocenters. The lowest BCUT2D eigenvalue weighted by Gasteiger charge is -2.10. The standard InChI is InChI=1S/C9H10F3N3O2/c1-5-2-6(17-4-9(10,11)12)3-7(14-5)8(13)15-16/h2-3,16H,4H2,1H3,(H2,13,15). The summed E-state index contributed by atoms with van der Waals surface area (Å²) in [6, 6.07) is 2.48. The van der Waals surface area contributed by atoms with Crippen LogP contribution in [0.1, 0.15) is 11.4 Å². The van der Waals surface area contributed by atoms with Crippen LogP contribution >= 0.6 is 0 Å². The van der Waals surface area contributed by atoms with E-state index in [1.54, 1.807) is 6.92 Å². The van der Waals surface area contributed by atoms with Crippen molar-refractivity contribution in [1.82, 2.24) is 4.98 Å². The number of amidine groups is 1. The van der Waals surface area contributed by atoms with Gasteiger partial charge in [-0.05, 0) is 6.92 Å². The quantitative estimate of drug-likeness (QED) is 0.367. The minimum absolute atomic E-state index is 0.0450. The van der Waals surface area contributed by atoms with Gasteiger partial charge in [0.05, 0.1) is 0 Å². The van der Waals surface area contributed by atoms with Crippen LogP contribution in [-0.4, -0.2) is 28.8 Å². The van der Waals surface area contributed by atoms with Crippen molar-refractivity contribution >= 4 is 5.84 Å². The molecule has 0 aliphatic rings. The Labute approximate surface area is 94.7 Å². The summed E-state index contributed by atoms with van der Waals surface area (Å²) >= 11 is 0. The number of aryl methyl sites for hydroxylation is 1. The molecule has 0 saturated heterocycles. The van der Waals surface area contributed by atoms with E-state index in [1.807, 2.05) is 0 Å². The molecule has 0 aliphatic carbocycles. The van der Waals surface area contributed by atoms with Crippen LogP contribution in [-0.2, 0) is 0 Å². The number of rotatable bonds is 3. The van der Waals surface area contributed by atoms with Crippen molar-refractivity contribution in [3.05, 3.63) is 23.5 Å². The van der Waals surface area contributed by atoms with Gasteiger partial charge in [-0.25, -0.2) is 4.98 Å². The van der Waals surface area contributed by atoms with Gasteiger partial charge in [0.25, 0.3) is 0 Å². The Kier molecular flexibility index (Phi) is 3.77. The zero-order chi connectivity index (χ0) is 13.1. The molecule has 0 bridgehead atoms. The average Bonchev–Trinajstić information content (AvgIpc) is 2.23. The maximum absolute atomic E-state index is 11.9. The molecular formula is C9H10F3N3O2. The zero-order valence-electron chi connectivity index (χ0n) is 8.82. The smallest absolute Gasteiger partial charge is 0.422 e. The highest BCUT2D eigenvalue weighted by Gasteiger charge is 2.28. The Hall–Kier alpha value is -1.99. The molecule has 1 aromatic heterocycles. The van der Waals surface area contributed by atoms with Gasteiger partial charge in [0.15, 0.2) is 12.4 Å². The Bertz CT molecular complexity index is 432. The molecule has 0 saturated carbocycles. The van der Waals surface area contributed by atoms with Gasteiger partial charge in [-0.2, -0.15) is 13.2 Å². The lowest BCUT2D eigenvalue weighted by Crippen LogP contribution is -2.20. The lowest BCUT2D eigenvalue weighted by molar-refractivity contribution is -0.153. The molecule has 1 aromatic rings. The third kappa shape index (κ3) is 4.17. The van der Waals surface area contributed by atoms with E-state index < -0.39 is 12.8 Å². The van der Waals surface area contributed by atoms with E-state index >= 15 is 0 Å². The van der Waals surface area contributed by atoms with Gasteiger partial charge < -0.3 is 15.7 Å². The highest BCUT2D eigenvalue weighted by molar-refractivity contribution is 5.95. The van der Waals surface area contributed by atoms with Crippen LogP contribution in [0.4, 0.5) is 13.2 Å². The maximum atomic E-state index is 11.9. The van der Waals surface area contributed by atoms with Crippen molar-refractivity contribution in [2.45, 2.75) is 13.1 Å². The van der Waals surface area contributed by atoms with E-state index in [4.69, 9.17) is 10.9 Å². The van der Waals surface area contributed by atoms with Crippen LogP contribution in [0.15, 0.2) is 17.3 Å². The number of nitrogens with two attached hydrogens (primary N) is 1. The highest BCUT2D eigenvalue weighted by Crippen LogP contribution is 2.19. The van der Waals surface area contributed by atoms with Crippen molar-refractivity contribution in [3.63, 3.8) is 0 Å². The molecule has 0 spiro atoms. The molecule has 94 valence electrons. The number of hydrogen-bond acceptors (Lipinski definition) is 4. The van der Waals surface area contributed by atoms with Gasteiger partial charge in [0.1, 0.15) is 11.4 Å². The average molecular weight is 249 g/mol. The van der Waals surface area contributed by atoms with Crippen LogP contribution in [0.25, 0.3) is 0 Å². The first kappa shape index (κ1) is 13.1. The van der Waals surface area contributed by atoms with Gasteiger partial charge in [-0.1, -0.05) is 5.16 Å². The molecule has 5 nitrogen and oxygen atoms in total. The summed E-state index contributed by atoms with van der Waals surface area (Å²) in [5, 5.41) is 11.1. The minimum Gasteiger partial charge on any atom is -0.484 e. The van der Waals surface area contributed by atoms with Gasteiger partial charge in [0.2, 0.25) is 0 Å². The first-order chi connectivity index (χ1) is 7.81. The van der Waals surface area contributed by atoms with E-state index in [0.29, 0.717) is 5.69 Å². The largest absolute Gasteiger partial charge is 0.484 e. The first-order valence-corrected chi connectivity index (χ1v) is 4.48. The third-order valence-electron chi connectivity index (χ3n) is 1.70. The molecule has 8 heteroatoms. The van der Waals surface area contributed by atoms with Crippen LogP contribution in [0, 0.1) is 6.92 Å². The van der Waals surface area contributed by atoms with Gasteiger partial charge in [-0.3, -0.25) is 0 Å². The number of hydrogen-bond donors (Lipinski definition) is 2. The number of aromatic nitrogens is 1. The first-order valence-electron chi connectivity index (χ1n) is 4.48. The van der Waals surface area contributed by atoms with E-state index in [1.165, 1.54) is 6.07 Å². The molecule has 3 N–H and O–H groups in total. The van der Waals surface area contributed by atoms with Crippen LogP contribution < -0.4 is 10.5 Å². The van der Waals surface area contributed by atoms with Crippen molar-refractivity contribution in [1.29, 1.82) is 0 Å². The fourth-order valence-corrected chi connectivity index (χ4v) is 1.07. The second-order valence-electron chi connectivity index (χ2n) is 3.22. The number of alkyl halides is 3. The molecule has 1 heterocycles. The normalized spacial score (nSPS) is 12.6. The van der Waals surface area contributed by atoms with E-state index in [9.17, 15) is 13.2 Å². The monoisotopic (exact) mass is 249 g/mol. The van der Waals surface area contributed by atoms with Crippen molar-refractivity contribution in [2.75, 3.05) is 6.61 Å². The number of nitrogens with zero attached hydrogens (tertiary/aromatic N) is 2. The number of halogens is 3. The summed E-state index contributed by atoms with van der Waals surface area (Å²) in [7, 11) is 0. The molecule has 0 atom stereocenters. The molecule has 0 fully saturated rings. The summed E-state index contributed by atoms with van der Waals surface area (Å²) < 4.78 is 40.3. The fraction of sp³-hybridized carbons (Fsp3) is 0.333. The highest BCUT2D eigenvalue weighted by atomic mass is 19.4. The fourth-order valence-electron chi connectivity index (χ4n) is 1.07. The molecule has 0 amide bonds.